The van der Waals surface area contributed by atoms with E-state index in [0.29, 0.717) is 28.8 Å². The standard InChI is InChI=1S/C40H72O4Si2/c1-29(42-26-24-37(2,3)4)33-20-21-34-31(17-16-23-40(33,34)11)19-18-30-27-35(43-45(12,13)38(5,6)7)32(22-25-41)36(28-30)44-46(14,15)39(8,9)10/h18-19,22,25,29,33-36H,16-17,20-21,23-24,26-28H2,1-15H3/b30-18?,31-19+,32-22?/t29-,33?,34?,35-,36-,40?/m1/s1. The van der Waals surface area contributed by atoms with Crippen molar-refractivity contribution >= 4 is 22.9 Å². The molecular weight excluding hydrogens is 601 g/mol. The first-order valence-electron chi connectivity index (χ1n) is 18.4. The van der Waals surface area contributed by atoms with E-state index in [4.69, 9.17) is 13.6 Å². The predicted octanol–water partition coefficient (Wildman–Crippen LogP) is 11.6. The van der Waals surface area contributed by atoms with Gasteiger partial charge < -0.3 is 13.6 Å². The number of fused-ring (bicyclic) bond motifs is 1. The van der Waals surface area contributed by atoms with Gasteiger partial charge in [-0.1, -0.05) is 92.5 Å². The smallest absolute Gasteiger partial charge is 0.192 e. The number of carbonyl (C=O) groups excluding carboxylic acids is 1. The Kier molecular flexibility index (Phi) is 12.6. The molecule has 0 spiro atoms. The fraction of sp³-hybridized carbons (Fsp3) is 0.825. The number of rotatable bonds is 10. The Labute approximate surface area is 286 Å². The van der Waals surface area contributed by atoms with Gasteiger partial charge in [-0.15, -0.1) is 0 Å². The lowest BCUT2D eigenvalue weighted by Crippen LogP contribution is -2.50. The van der Waals surface area contributed by atoms with E-state index in [2.05, 4.69) is 115 Å². The molecule has 0 aromatic rings. The molecule has 3 rings (SSSR count). The molecule has 3 fully saturated rings. The van der Waals surface area contributed by atoms with E-state index in [0.717, 1.165) is 37.7 Å². The molecule has 0 aliphatic heterocycles. The average Bonchev–Trinajstić information content (AvgIpc) is 3.24. The third-order valence-electron chi connectivity index (χ3n) is 12.8. The van der Waals surface area contributed by atoms with Gasteiger partial charge in [-0.25, -0.2) is 0 Å². The van der Waals surface area contributed by atoms with E-state index >= 15 is 0 Å². The lowest BCUT2D eigenvalue weighted by atomic mass is 9.62. The molecule has 0 amide bonds. The van der Waals surface area contributed by atoms with E-state index in [1.165, 1.54) is 37.7 Å². The molecule has 3 aliphatic rings. The Morgan fingerprint density at radius 1 is 0.848 bits per heavy atom. The number of hydrogen-bond donors (Lipinski definition) is 0. The average molecular weight is 673 g/mol. The Balaban J connectivity index is 1.92. The normalized spacial score (nSPS) is 29.9. The molecule has 0 saturated heterocycles. The number of hydrogen-bond acceptors (Lipinski definition) is 4. The second kappa shape index (κ2) is 14.6. The third kappa shape index (κ3) is 9.46. The van der Waals surface area contributed by atoms with Crippen LogP contribution in [-0.4, -0.2) is 47.8 Å². The summed E-state index contributed by atoms with van der Waals surface area (Å²) in [7, 11) is -4.19. The van der Waals surface area contributed by atoms with Crippen molar-refractivity contribution in [2.75, 3.05) is 6.61 Å². The van der Waals surface area contributed by atoms with Crippen LogP contribution in [-0.2, 0) is 18.4 Å². The largest absolute Gasteiger partial charge is 0.410 e. The molecule has 0 aromatic carbocycles. The van der Waals surface area contributed by atoms with Crippen molar-refractivity contribution in [1.82, 2.24) is 0 Å². The van der Waals surface area contributed by atoms with Crippen molar-refractivity contribution in [2.45, 2.75) is 182 Å². The predicted molar refractivity (Wildman–Crippen MR) is 201 cm³/mol. The van der Waals surface area contributed by atoms with Crippen molar-refractivity contribution in [3.05, 3.63) is 34.9 Å². The van der Waals surface area contributed by atoms with Gasteiger partial charge in [0.05, 0.1) is 18.3 Å². The zero-order valence-electron chi connectivity index (χ0n) is 32.7. The molecule has 3 aliphatic carbocycles. The van der Waals surface area contributed by atoms with Gasteiger partial charge in [0, 0.05) is 6.61 Å². The van der Waals surface area contributed by atoms with Crippen LogP contribution in [0, 0.1) is 22.7 Å². The second-order valence-electron chi connectivity index (χ2n) is 19.5. The zero-order valence-corrected chi connectivity index (χ0v) is 34.7. The molecule has 4 nitrogen and oxygen atoms in total. The molecule has 6 heteroatoms. The summed E-state index contributed by atoms with van der Waals surface area (Å²) in [6.45, 7) is 35.7. The fourth-order valence-electron chi connectivity index (χ4n) is 7.66. The Morgan fingerprint density at radius 2 is 1.39 bits per heavy atom. The first kappa shape index (κ1) is 39.6. The van der Waals surface area contributed by atoms with Crippen LogP contribution in [0.3, 0.4) is 0 Å². The van der Waals surface area contributed by atoms with Crippen molar-refractivity contribution in [3.63, 3.8) is 0 Å². The topological polar surface area (TPSA) is 44.8 Å². The highest BCUT2D eigenvalue weighted by Crippen LogP contribution is 2.59. The van der Waals surface area contributed by atoms with Gasteiger partial charge in [0.15, 0.2) is 16.6 Å². The summed E-state index contributed by atoms with van der Waals surface area (Å²) in [6, 6.07) is 0. The summed E-state index contributed by atoms with van der Waals surface area (Å²) in [5.41, 5.74) is 4.67. The van der Waals surface area contributed by atoms with Gasteiger partial charge in [-0.05, 0) is 129 Å². The number of carbonyl (C=O) groups is 1. The summed E-state index contributed by atoms with van der Waals surface area (Å²) in [5, 5.41) is 0.162. The first-order chi connectivity index (χ1) is 20.9. The lowest BCUT2D eigenvalue weighted by molar-refractivity contribution is -0.104. The second-order valence-corrected chi connectivity index (χ2v) is 29.0. The van der Waals surface area contributed by atoms with Crippen molar-refractivity contribution in [2.24, 2.45) is 22.7 Å². The van der Waals surface area contributed by atoms with Crippen LogP contribution in [0.15, 0.2) is 34.9 Å². The van der Waals surface area contributed by atoms with E-state index in [1.807, 2.05) is 0 Å². The molecule has 3 unspecified atom stereocenters. The molecule has 0 heterocycles. The Hall–Kier alpha value is -0.796. The SMILES string of the molecule is C[C@@H](OCCC(C)(C)C)C1CCC2/C(=C/C=C3C[C@@H](O[Si](C)(C)C(C)(C)C)C(=CC=O)[C@H](O[Si](C)(C)C(C)(C)C)C3)CCCC21C. The fourth-order valence-corrected chi connectivity index (χ4v) is 10.2. The monoisotopic (exact) mass is 672 g/mol. The van der Waals surface area contributed by atoms with E-state index in [1.54, 1.807) is 11.6 Å². The van der Waals surface area contributed by atoms with Crippen LogP contribution < -0.4 is 0 Å². The molecule has 3 saturated carbocycles. The Morgan fingerprint density at radius 3 is 1.87 bits per heavy atom. The molecule has 6 atom stereocenters. The summed E-state index contributed by atoms with van der Waals surface area (Å²) in [6.07, 6.45) is 16.7. The van der Waals surface area contributed by atoms with Gasteiger partial charge in [-0.2, -0.15) is 0 Å². The maximum Gasteiger partial charge on any atom is 0.192 e. The zero-order chi connectivity index (χ0) is 34.9. The molecule has 0 radical (unpaired) electrons. The summed E-state index contributed by atoms with van der Waals surface area (Å²) < 4.78 is 20.7. The van der Waals surface area contributed by atoms with Crippen LogP contribution in [0.25, 0.3) is 0 Å². The van der Waals surface area contributed by atoms with Gasteiger partial charge in [0.2, 0.25) is 0 Å². The quantitative estimate of drug-likeness (QED) is 0.132. The third-order valence-corrected chi connectivity index (χ3v) is 21.7. The lowest BCUT2D eigenvalue weighted by Gasteiger charge is -2.46. The Bertz CT molecular complexity index is 1100. The number of allylic oxidation sites excluding steroid dienone is 4. The van der Waals surface area contributed by atoms with Crippen molar-refractivity contribution < 1.29 is 18.4 Å². The highest BCUT2D eigenvalue weighted by molar-refractivity contribution is 6.74. The molecule has 264 valence electrons. The van der Waals surface area contributed by atoms with Crippen LogP contribution in [0.2, 0.25) is 36.3 Å². The van der Waals surface area contributed by atoms with E-state index < -0.39 is 16.6 Å². The van der Waals surface area contributed by atoms with Crippen molar-refractivity contribution in [3.8, 4) is 0 Å². The highest BCUT2D eigenvalue weighted by atomic mass is 28.4. The van der Waals surface area contributed by atoms with Crippen molar-refractivity contribution in [1.29, 1.82) is 0 Å². The highest BCUT2D eigenvalue weighted by Gasteiger charge is 2.51. The van der Waals surface area contributed by atoms with Crippen LogP contribution in [0.1, 0.15) is 128 Å². The minimum Gasteiger partial charge on any atom is -0.410 e. The molecule has 0 bridgehead atoms. The summed E-state index contributed by atoms with van der Waals surface area (Å²) in [5.74, 6) is 1.24. The van der Waals surface area contributed by atoms with E-state index in [9.17, 15) is 4.79 Å². The molecule has 0 aromatic heterocycles. The molecule has 0 N–H and O–H groups in total. The van der Waals surface area contributed by atoms with Gasteiger partial charge in [0.1, 0.15) is 6.29 Å². The van der Waals surface area contributed by atoms with Gasteiger partial charge >= 0.3 is 0 Å². The summed E-state index contributed by atoms with van der Waals surface area (Å²) in [4.78, 5) is 12.0. The minimum absolute atomic E-state index is 0.0809. The molecule has 46 heavy (non-hydrogen) atoms. The first-order valence-corrected chi connectivity index (χ1v) is 24.2. The van der Waals surface area contributed by atoms with Crippen LogP contribution in [0.4, 0.5) is 0 Å². The molecular formula is C40H72O4Si2. The maximum absolute atomic E-state index is 12.0. The summed E-state index contributed by atoms with van der Waals surface area (Å²) >= 11 is 0. The van der Waals surface area contributed by atoms with Gasteiger partial charge in [-0.3, -0.25) is 4.79 Å². The van der Waals surface area contributed by atoms with E-state index in [-0.39, 0.29) is 22.3 Å². The van der Waals surface area contributed by atoms with Crippen LogP contribution >= 0.6 is 0 Å². The minimum atomic E-state index is -2.09. The van der Waals surface area contributed by atoms with Crippen LogP contribution in [0.5, 0.6) is 0 Å². The maximum atomic E-state index is 12.0. The number of aldehydes is 1. The number of ether oxygens (including phenoxy) is 1. The van der Waals surface area contributed by atoms with Gasteiger partial charge in [0.25, 0.3) is 0 Å².